The van der Waals surface area contributed by atoms with Crippen molar-refractivity contribution in [3.63, 3.8) is 0 Å². The Bertz CT molecular complexity index is 403. The number of hydrogen-bond acceptors (Lipinski definition) is 1. The first-order valence-corrected chi connectivity index (χ1v) is 6.87. The van der Waals surface area contributed by atoms with Crippen LogP contribution in [0.5, 0.6) is 0 Å². The van der Waals surface area contributed by atoms with E-state index in [0.717, 1.165) is 28.6 Å². The molecule has 3 heteroatoms. The molecule has 2 nitrogen and oxygen atoms in total. The lowest BCUT2D eigenvalue weighted by Gasteiger charge is -2.27. The zero-order chi connectivity index (χ0) is 13.0. The first-order valence-electron chi connectivity index (χ1n) is 6.08. The molecule has 0 heterocycles. The van der Waals surface area contributed by atoms with Crippen LogP contribution in [0.1, 0.15) is 43.1 Å². The molecule has 94 valence electrons. The summed E-state index contributed by atoms with van der Waals surface area (Å²) in [6, 6.07) is 6.16. The number of rotatable bonds is 4. The Kier molecular flexibility index (Phi) is 5.19. The molecule has 1 aromatic carbocycles. The molecule has 1 rings (SSSR count). The van der Waals surface area contributed by atoms with Gasteiger partial charge in [-0.2, -0.15) is 0 Å². The van der Waals surface area contributed by atoms with Gasteiger partial charge in [-0.1, -0.05) is 18.6 Å². The molecule has 0 aliphatic rings. The standard InChI is InChI=1S/C14H20BrNO/c1-5-11(4)16(6-2)14(17)12-9-10(3)7-8-13(12)15/h7-9,11H,5-6H2,1-4H3. The van der Waals surface area contributed by atoms with E-state index in [0.29, 0.717) is 0 Å². The summed E-state index contributed by atoms with van der Waals surface area (Å²) < 4.78 is 0.870. The number of nitrogens with zero attached hydrogens (tertiary/aromatic N) is 1. The van der Waals surface area contributed by atoms with Crippen molar-refractivity contribution < 1.29 is 4.79 Å². The molecule has 1 aromatic rings. The fourth-order valence-electron chi connectivity index (χ4n) is 1.83. The Morgan fingerprint density at radius 1 is 1.41 bits per heavy atom. The Labute approximate surface area is 112 Å². The van der Waals surface area contributed by atoms with Crippen LogP contribution in [0, 0.1) is 6.92 Å². The Balaban J connectivity index is 3.05. The quantitative estimate of drug-likeness (QED) is 0.822. The molecular weight excluding hydrogens is 278 g/mol. The maximum absolute atomic E-state index is 12.4. The summed E-state index contributed by atoms with van der Waals surface area (Å²) in [6.45, 7) is 8.96. The molecule has 0 saturated carbocycles. The summed E-state index contributed by atoms with van der Waals surface area (Å²) in [6.07, 6.45) is 0.975. The zero-order valence-electron chi connectivity index (χ0n) is 11.0. The molecule has 1 atom stereocenters. The lowest BCUT2D eigenvalue weighted by Crippen LogP contribution is -2.38. The minimum Gasteiger partial charge on any atom is -0.336 e. The van der Waals surface area contributed by atoms with Crippen molar-refractivity contribution in [3.05, 3.63) is 33.8 Å². The average Bonchev–Trinajstić information content (AvgIpc) is 2.32. The van der Waals surface area contributed by atoms with Gasteiger partial charge in [0.1, 0.15) is 0 Å². The molecule has 0 N–H and O–H groups in total. The van der Waals surface area contributed by atoms with Crippen molar-refractivity contribution in [2.45, 2.75) is 40.2 Å². The van der Waals surface area contributed by atoms with E-state index in [4.69, 9.17) is 0 Å². The van der Waals surface area contributed by atoms with Crippen LogP contribution in [0.3, 0.4) is 0 Å². The highest BCUT2D eigenvalue weighted by atomic mass is 79.9. The second-order valence-electron chi connectivity index (χ2n) is 4.33. The molecular formula is C14H20BrNO. The van der Waals surface area contributed by atoms with E-state index in [1.807, 2.05) is 36.9 Å². The van der Waals surface area contributed by atoms with Crippen molar-refractivity contribution in [1.29, 1.82) is 0 Å². The third-order valence-corrected chi connectivity index (χ3v) is 3.77. The topological polar surface area (TPSA) is 20.3 Å². The van der Waals surface area contributed by atoms with Gasteiger partial charge in [0.2, 0.25) is 0 Å². The van der Waals surface area contributed by atoms with Crippen molar-refractivity contribution >= 4 is 21.8 Å². The highest BCUT2D eigenvalue weighted by Gasteiger charge is 2.20. The van der Waals surface area contributed by atoms with Crippen LogP contribution in [0.25, 0.3) is 0 Å². The molecule has 0 aromatic heterocycles. The Hall–Kier alpha value is -0.830. The maximum atomic E-state index is 12.4. The summed E-state index contributed by atoms with van der Waals surface area (Å²) in [4.78, 5) is 14.4. The lowest BCUT2D eigenvalue weighted by atomic mass is 10.1. The average molecular weight is 298 g/mol. The summed E-state index contributed by atoms with van der Waals surface area (Å²) in [7, 11) is 0. The molecule has 0 spiro atoms. The lowest BCUT2D eigenvalue weighted by molar-refractivity contribution is 0.0699. The molecule has 0 radical (unpaired) electrons. The molecule has 0 aliphatic heterocycles. The number of halogens is 1. The number of hydrogen-bond donors (Lipinski definition) is 0. The van der Waals surface area contributed by atoms with Crippen molar-refractivity contribution in [2.24, 2.45) is 0 Å². The van der Waals surface area contributed by atoms with E-state index in [9.17, 15) is 4.79 Å². The van der Waals surface area contributed by atoms with E-state index in [1.54, 1.807) is 0 Å². The highest BCUT2D eigenvalue weighted by Crippen LogP contribution is 2.21. The summed E-state index contributed by atoms with van der Waals surface area (Å²) >= 11 is 3.45. The predicted molar refractivity (Wildman–Crippen MR) is 75.3 cm³/mol. The van der Waals surface area contributed by atoms with E-state index >= 15 is 0 Å². The van der Waals surface area contributed by atoms with Gasteiger partial charge in [0.15, 0.2) is 0 Å². The van der Waals surface area contributed by atoms with Gasteiger partial charge < -0.3 is 4.90 Å². The number of amides is 1. The van der Waals surface area contributed by atoms with E-state index in [1.165, 1.54) is 0 Å². The van der Waals surface area contributed by atoms with Gasteiger partial charge in [0.25, 0.3) is 5.91 Å². The number of carbonyl (C=O) groups excluding carboxylic acids is 1. The molecule has 0 aliphatic carbocycles. The number of aryl methyl sites for hydroxylation is 1. The second-order valence-corrected chi connectivity index (χ2v) is 5.19. The smallest absolute Gasteiger partial charge is 0.255 e. The van der Waals surface area contributed by atoms with Crippen LogP contribution >= 0.6 is 15.9 Å². The van der Waals surface area contributed by atoms with Crippen LogP contribution in [-0.4, -0.2) is 23.4 Å². The van der Waals surface area contributed by atoms with Gasteiger partial charge >= 0.3 is 0 Å². The molecule has 17 heavy (non-hydrogen) atoms. The van der Waals surface area contributed by atoms with E-state index in [2.05, 4.69) is 29.8 Å². The minimum absolute atomic E-state index is 0.109. The van der Waals surface area contributed by atoms with Gasteiger partial charge in [-0.3, -0.25) is 4.79 Å². The van der Waals surface area contributed by atoms with Gasteiger partial charge in [0.05, 0.1) is 5.56 Å². The normalized spacial score (nSPS) is 12.3. The Morgan fingerprint density at radius 3 is 2.59 bits per heavy atom. The monoisotopic (exact) mass is 297 g/mol. The van der Waals surface area contributed by atoms with E-state index in [-0.39, 0.29) is 11.9 Å². The third kappa shape index (κ3) is 3.32. The van der Waals surface area contributed by atoms with Crippen LogP contribution < -0.4 is 0 Å². The van der Waals surface area contributed by atoms with Gasteiger partial charge in [-0.05, 0) is 55.3 Å². The highest BCUT2D eigenvalue weighted by molar-refractivity contribution is 9.10. The van der Waals surface area contributed by atoms with Crippen LogP contribution in [0.15, 0.2) is 22.7 Å². The van der Waals surface area contributed by atoms with E-state index < -0.39 is 0 Å². The van der Waals surface area contributed by atoms with Crippen molar-refractivity contribution in [1.82, 2.24) is 4.90 Å². The van der Waals surface area contributed by atoms with Gasteiger partial charge in [0, 0.05) is 17.1 Å². The third-order valence-electron chi connectivity index (χ3n) is 3.08. The summed E-state index contributed by atoms with van der Waals surface area (Å²) in [5, 5.41) is 0. The first-order chi connectivity index (χ1) is 8.01. The van der Waals surface area contributed by atoms with Crippen LogP contribution in [0.2, 0.25) is 0 Å². The summed E-state index contributed by atoms with van der Waals surface area (Å²) in [5.41, 5.74) is 1.86. The summed E-state index contributed by atoms with van der Waals surface area (Å²) in [5.74, 6) is 0.109. The van der Waals surface area contributed by atoms with Gasteiger partial charge in [-0.15, -0.1) is 0 Å². The molecule has 0 bridgehead atoms. The number of carbonyl (C=O) groups is 1. The zero-order valence-corrected chi connectivity index (χ0v) is 12.5. The molecule has 0 saturated heterocycles. The van der Waals surface area contributed by atoms with Crippen molar-refractivity contribution in [2.75, 3.05) is 6.54 Å². The minimum atomic E-state index is 0.109. The maximum Gasteiger partial charge on any atom is 0.255 e. The number of benzene rings is 1. The molecule has 0 fully saturated rings. The largest absolute Gasteiger partial charge is 0.336 e. The molecule has 1 amide bonds. The second kappa shape index (κ2) is 6.20. The van der Waals surface area contributed by atoms with Crippen molar-refractivity contribution in [3.8, 4) is 0 Å². The predicted octanol–water partition coefficient (Wildman–Crippen LogP) is 4.02. The fourth-order valence-corrected chi connectivity index (χ4v) is 2.25. The fraction of sp³-hybridized carbons (Fsp3) is 0.500. The van der Waals surface area contributed by atoms with Gasteiger partial charge in [-0.25, -0.2) is 0 Å². The Morgan fingerprint density at radius 2 is 2.06 bits per heavy atom. The van der Waals surface area contributed by atoms with Crippen LogP contribution in [0.4, 0.5) is 0 Å². The van der Waals surface area contributed by atoms with Crippen LogP contribution in [-0.2, 0) is 0 Å². The first kappa shape index (κ1) is 14.2. The molecule has 1 unspecified atom stereocenters. The SMILES string of the molecule is CCC(C)N(CC)C(=O)c1cc(C)ccc1Br.